The minimum atomic E-state index is -1.40. The number of amides is 2. The van der Waals surface area contributed by atoms with Gasteiger partial charge in [-0.25, -0.2) is 9.78 Å². The maximum atomic E-state index is 15.2. The van der Waals surface area contributed by atoms with Crippen LogP contribution in [0.5, 0.6) is 0 Å². The first-order valence-electron chi connectivity index (χ1n) is 23.3. The Bertz CT molecular complexity index is 3380. The third kappa shape index (κ3) is 8.49. The molecular formula is C55H43N11O5S3. The fourth-order valence-corrected chi connectivity index (χ4v) is 12.1. The van der Waals surface area contributed by atoms with Crippen molar-refractivity contribution in [2.24, 2.45) is 5.16 Å². The normalized spacial score (nSPS) is 16.3. The molecule has 9 aromatic rings. The highest BCUT2D eigenvalue weighted by atomic mass is 32.2. The summed E-state index contributed by atoms with van der Waals surface area (Å²) >= 11 is 7.31. The molecule has 5 N–H and O–H groups in total. The first-order valence-corrected chi connectivity index (χ1v) is 25.7. The van der Waals surface area contributed by atoms with Crippen LogP contribution in [0.2, 0.25) is 0 Å². The van der Waals surface area contributed by atoms with Crippen molar-refractivity contribution >= 4 is 75.7 Å². The van der Waals surface area contributed by atoms with E-state index in [4.69, 9.17) is 33.3 Å². The molecule has 16 nitrogen and oxygen atoms in total. The van der Waals surface area contributed by atoms with E-state index in [2.05, 4.69) is 67.7 Å². The van der Waals surface area contributed by atoms with Crippen LogP contribution in [-0.4, -0.2) is 80.9 Å². The van der Waals surface area contributed by atoms with Crippen LogP contribution >= 0.6 is 35.7 Å². The summed E-state index contributed by atoms with van der Waals surface area (Å²) in [5.41, 5.74) is 9.52. The number of hydrogen-bond acceptors (Lipinski definition) is 15. The molecule has 366 valence electrons. The van der Waals surface area contributed by atoms with Crippen LogP contribution in [-0.2, 0) is 30.4 Å². The van der Waals surface area contributed by atoms with Crippen LogP contribution < -0.4 is 16.4 Å². The number of carbonyl (C=O) groups excluding carboxylic acids is 2. The van der Waals surface area contributed by atoms with Crippen molar-refractivity contribution in [1.82, 2.24) is 40.5 Å². The van der Waals surface area contributed by atoms with Gasteiger partial charge in [-0.2, -0.15) is 17.7 Å². The zero-order chi connectivity index (χ0) is 50.8. The number of aliphatic carboxylic acids is 1. The van der Waals surface area contributed by atoms with E-state index in [-0.39, 0.29) is 39.9 Å². The Labute approximate surface area is 437 Å². The summed E-state index contributed by atoms with van der Waals surface area (Å²) in [6.07, 6.45) is 0. The number of anilines is 2. The number of hydrogen-bond donors (Lipinski definition) is 5. The lowest BCUT2D eigenvalue weighted by Gasteiger charge is -2.49. The van der Waals surface area contributed by atoms with Gasteiger partial charge in [-0.3, -0.25) is 14.5 Å². The fraction of sp³-hybridized carbons (Fsp3) is 0.109. The fourth-order valence-electron chi connectivity index (χ4n) is 9.54. The number of thioether (sulfide) groups is 1. The van der Waals surface area contributed by atoms with Gasteiger partial charge in [-0.05, 0) is 38.8 Å². The van der Waals surface area contributed by atoms with E-state index in [1.807, 2.05) is 146 Å². The highest BCUT2D eigenvalue weighted by Gasteiger charge is 2.55. The Morgan fingerprint density at radius 3 is 1.77 bits per heavy atom. The summed E-state index contributed by atoms with van der Waals surface area (Å²) in [7, 11) is 0. The zero-order valence-corrected chi connectivity index (χ0v) is 41.4. The number of carbonyl (C=O) groups is 3. The molecule has 2 amide bonds. The number of tetrazole rings is 1. The number of nitrogens with one attached hydrogen (secondary N) is 2. The van der Waals surface area contributed by atoms with Crippen LogP contribution in [0.3, 0.4) is 0 Å². The standard InChI is InChI=1S/C55H43N11O5S3/c56-41-31-42(61-66-48(41)60-63-64-66)47(72)40-32-73-51-45(50(68)65(51)46(40)52(69)70)58-49(67)44(62-71-55(37-25-13-4-14-26-37,38-27-15-5-16-28-38)39-29-17-6-18-30-39)43-33-74-53(57-43)59-54(34-19-7-1-8-20-34,35-21-9-2-10-22-35)36-23-11-3-12-24-36/h1-31,33,45,47,51,72H,32,56H2,(H,57,59)(H,58,67)(H,69,70)/b62-44-. The lowest BCUT2D eigenvalue weighted by atomic mass is 9.77. The van der Waals surface area contributed by atoms with Gasteiger partial charge in [0.05, 0.1) is 16.6 Å². The molecule has 5 heterocycles. The van der Waals surface area contributed by atoms with Crippen LogP contribution in [0.4, 0.5) is 10.8 Å². The monoisotopic (exact) mass is 1030 g/mol. The molecule has 0 saturated carbocycles. The van der Waals surface area contributed by atoms with Crippen molar-refractivity contribution in [1.29, 1.82) is 0 Å². The molecular weight excluding hydrogens is 991 g/mol. The van der Waals surface area contributed by atoms with Crippen LogP contribution in [0, 0.1) is 0 Å². The van der Waals surface area contributed by atoms with Gasteiger partial charge >= 0.3 is 5.97 Å². The molecule has 0 spiro atoms. The minimum absolute atomic E-state index is 0.122. The lowest BCUT2D eigenvalue weighted by Crippen LogP contribution is -2.71. The van der Waals surface area contributed by atoms with Crippen molar-refractivity contribution in [2.75, 3.05) is 16.8 Å². The van der Waals surface area contributed by atoms with Gasteiger partial charge in [0.2, 0.25) is 11.2 Å². The zero-order valence-electron chi connectivity index (χ0n) is 38.9. The van der Waals surface area contributed by atoms with Gasteiger partial charge in [-0.15, -0.1) is 32.8 Å². The van der Waals surface area contributed by atoms with Gasteiger partial charge < -0.3 is 26.3 Å². The summed E-state index contributed by atoms with van der Waals surface area (Å²) in [5, 5.41) is 38.3. The Balaban J connectivity index is 0.996. The number of fused-ring (bicyclic) bond motifs is 2. The smallest absolute Gasteiger partial charge is 0.352 e. The van der Waals surface area contributed by atoms with Gasteiger partial charge in [0, 0.05) is 27.8 Å². The number of aromatic nitrogens is 6. The molecule has 3 aromatic heterocycles. The molecule has 3 atom stereocenters. The van der Waals surface area contributed by atoms with Crippen molar-refractivity contribution < 1.29 is 24.3 Å². The molecule has 2 aliphatic rings. The molecule has 3 unspecified atom stereocenters. The highest BCUT2D eigenvalue weighted by Crippen LogP contribution is 2.46. The number of thiol groups is 1. The predicted molar refractivity (Wildman–Crippen MR) is 286 cm³/mol. The Kier molecular flexibility index (Phi) is 12.9. The first-order chi connectivity index (χ1) is 36.2. The predicted octanol–water partition coefficient (Wildman–Crippen LogP) is 8.08. The second-order valence-corrected chi connectivity index (χ2v) is 19.8. The third-order valence-electron chi connectivity index (χ3n) is 13.0. The van der Waals surface area contributed by atoms with E-state index in [1.54, 1.807) is 5.38 Å². The largest absolute Gasteiger partial charge is 0.477 e. The van der Waals surface area contributed by atoms with E-state index in [0.29, 0.717) is 10.7 Å². The van der Waals surface area contributed by atoms with Crippen molar-refractivity contribution in [2.45, 2.75) is 27.8 Å². The Morgan fingerprint density at radius 1 is 0.770 bits per heavy atom. The number of nitrogens with two attached hydrogens (primary N) is 1. The average Bonchev–Trinajstić information content (AvgIpc) is 4.14. The van der Waals surface area contributed by atoms with E-state index in [9.17, 15) is 14.7 Å². The van der Waals surface area contributed by atoms with Crippen LogP contribution in [0.25, 0.3) is 5.65 Å². The highest BCUT2D eigenvalue weighted by molar-refractivity contribution is 8.00. The maximum absolute atomic E-state index is 15.2. The van der Waals surface area contributed by atoms with Gasteiger partial charge in [0.25, 0.3) is 11.8 Å². The van der Waals surface area contributed by atoms with E-state index < -0.39 is 45.6 Å². The maximum Gasteiger partial charge on any atom is 0.352 e. The summed E-state index contributed by atoms with van der Waals surface area (Å²) in [6.45, 7) is 0. The van der Waals surface area contributed by atoms with Gasteiger partial charge in [-0.1, -0.05) is 187 Å². The quantitative estimate of drug-likeness (QED) is 0.0204. The summed E-state index contributed by atoms with van der Waals surface area (Å²) in [6, 6.07) is 59.3. The Hall–Kier alpha value is -8.65. The average molecular weight is 1030 g/mol. The number of β-lactam (4-membered cyclic amide) rings is 1. The SMILES string of the molecule is Nc1cc(C(S)C2=C(C(=O)O)N3C(=O)C(NC(=O)/C(=N\OC(c4ccccc4)(c4ccccc4)c4ccccc4)c4csc(NC(c5ccccc5)(c5ccccc5)c5ccccc5)n4)C3SC2)nn2nnnc12. The molecule has 0 aliphatic carbocycles. The molecule has 1 saturated heterocycles. The molecule has 19 heteroatoms. The number of nitrogens with zero attached hydrogens (tertiary/aromatic N) is 8. The number of carboxylic acids is 1. The van der Waals surface area contributed by atoms with Gasteiger partial charge in [0.15, 0.2) is 10.8 Å². The lowest BCUT2D eigenvalue weighted by molar-refractivity contribution is -0.150. The Morgan fingerprint density at radius 2 is 1.27 bits per heavy atom. The molecule has 1 fully saturated rings. The molecule has 0 radical (unpaired) electrons. The molecule has 0 bridgehead atoms. The van der Waals surface area contributed by atoms with E-state index >= 15 is 4.79 Å². The number of carboxylic acid groups (broad SMARTS) is 1. The van der Waals surface area contributed by atoms with E-state index in [0.717, 1.165) is 38.0 Å². The molecule has 2 aliphatic heterocycles. The molecule has 74 heavy (non-hydrogen) atoms. The second kappa shape index (κ2) is 20.1. The number of rotatable bonds is 16. The molecule has 11 rings (SSSR count). The number of benzene rings is 6. The first kappa shape index (κ1) is 47.7. The third-order valence-corrected chi connectivity index (χ3v) is 15.7. The van der Waals surface area contributed by atoms with Crippen molar-refractivity contribution in [3.63, 3.8) is 0 Å². The minimum Gasteiger partial charge on any atom is -0.477 e. The van der Waals surface area contributed by atoms with Gasteiger partial charge in [0.1, 0.15) is 28.3 Å². The van der Waals surface area contributed by atoms with E-state index in [1.165, 1.54) is 34.1 Å². The number of oxime groups is 1. The van der Waals surface area contributed by atoms with Crippen molar-refractivity contribution in [3.8, 4) is 0 Å². The topological polar surface area (TPSA) is 215 Å². The summed E-state index contributed by atoms with van der Waals surface area (Å²) < 4.78 is 1.13. The van der Waals surface area contributed by atoms with Crippen LogP contribution in [0.1, 0.15) is 50.0 Å². The molecule has 6 aromatic carbocycles. The second-order valence-electron chi connectivity index (χ2n) is 17.3. The summed E-state index contributed by atoms with van der Waals surface area (Å²) in [4.78, 5) is 55.8. The number of thiazole rings is 1. The van der Waals surface area contributed by atoms with Crippen molar-refractivity contribution in [3.05, 3.63) is 249 Å². The number of nitrogen functional groups attached to an aromatic ring is 1. The van der Waals surface area contributed by atoms with Crippen LogP contribution in [0.15, 0.2) is 210 Å². The summed E-state index contributed by atoms with van der Waals surface area (Å²) in [5.74, 6) is -2.66.